The highest BCUT2D eigenvalue weighted by molar-refractivity contribution is 5.96. The molecular formula is C21H32Cl2N4O. The predicted molar refractivity (Wildman–Crippen MR) is 123 cm³/mol. The van der Waals surface area contributed by atoms with E-state index in [1.165, 1.54) is 10.5 Å². The van der Waals surface area contributed by atoms with Gasteiger partial charge in [0.1, 0.15) is 0 Å². The van der Waals surface area contributed by atoms with E-state index in [2.05, 4.69) is 50.4 Å². The summed E-state index contributed by atoms with van der Waals surface area (Å²) >= 11 is 0. The Morgan fingerprint density at radius 1 is 1.14 bits per heavy atom. The fourth-order valence-corrected chi connectivity index (χ4v) is 2.99. The van der Waals surface area contributed by atoms with Crippen molar-refractivity contribution in [1.82, 2.24) is 9.88 Å². The number of nitrogens with two attached hydrogens (primary N) is 1. The van der Waals surface area contributed by atoms with Crippen LogP contribution >= 0.6 is 24.8 Å². The topological polar surface area (TPSA) is 71.2 Å². The highest BCUT2D eigenvalue weighted by atomic mass is 35.5. The van der Waals surface area contributed by atoms with Gasteiger partial charge in [0.25, 0.3) is 0 Å². The molecule has 0 aliphatic rings. The predicted octanol–water partition coefficient (Wildman–Crippen LogP) is 4.96. The van der Waals surface area contributed by atoms with Crippen LogP contribution < -0.4 is 11.1 Å². The number of carbonyl (C=O) groups excluding carboxylic acids is 1. The highest BCUT2D eigenvalue weighted by Crippen LogP contribution is 2.36. The van der Waals surface area contributed by atoms with Gasteiger partial charge in [0.05, 0.1) is 11.4 Å². The second kappa shape index (κ2) is 11.2. The normalized spacial score (nSPS) is 10.1. The minimum absolute atomic E-state index is 0. The third-order valence-electron chi connectivity index (χ3n) is 4.35. The highest BCUT2D eigenvalue weighted by Gasteiger charge is 2.21. The Bertz CT molecular complexity index is 790. The number of anilines is 1. The first-order chi connectivity index (χ1) is 12.2. The second-order valence-electron chi connectivity index (χ2n) is 7.37. The molecule has 0 fully saturated rings. The molecule has 156 valence electrons. The van der Waals surface area contributed by atoms with E-state index >= 15 is 0 Å². The number of carbonyl (C=O) groups is 1. The Hall–Kier alpha value is -1.82. The minimum Gasteiger partial charge on any atom is -0.331 e. The van der Waals surface area contributed by atoms with E-state index in [-0.39, 0.29) is 30.8 Å². The van der Waals surface area contributed by atoms with Crippen LogP contribution in [0.4, 0.5) is 10.5 Å². The maximum Gasteiger partial charge on any atom is 0.321 e. The Morgan fingerprint density at radius 2 is 1.71 bits per heavy atom. The Balaban J connectivity index is 0.00000364. The van der Waals surface area contributed by atoms with Crippen LogP contribution in [0.3, 0.4) is 0 Å². The summed E-state index contributed by atoms with van der Waals surface area (Å²) in [5, 5.41) is 3.02. The molecule has 28 heavy (non-hydrogen) atoms. The monoisotopic (exact) mass is 426 g/mol. The lowest BCUT2D eigenvalue weighted by Gasteiger charge is -2.22. The zero-order valence-electron chi connectivity index (χ0n) is 17.5. The third-order valence-corrected chi connectivity index (χ3v) is 4.35. The first kappa shape index (κ1) is 26.2. The van der Waals surface area contributed by atoms with Crippen LogP contribution in [-0.2, 0) is 13.0 Å². The number of halogens is 2. The van der Waals surface area contributed by atoms with E-state index in [4.69, 9.17) is 10.7 Å². The molecule has 1 heterocycles. The van der Waals surface area contributed by atoms with Crippen LogP contribution in [0.1, 0.15) is 36.4 Å². The molecule has 0 saturated heterocycles. The summed E-state index contributed by atoms with van der Waals surface area (Å²) in [6.07, 6.45) is 0.855. The van der Waals surface area contributed by atoms with E-state index < -0.39 is 0 Å². The van der Waals surface area contributed by atoms with Gasteiger partial charge in [-0.1, -0.05) is 43.7 Å². The van der Waals surface area contributed by atoms with E-state index in [0.717, 1.165) is 40.2 Å². The van der Waals surface area contributed by atoms with Crippen molar-refractivity contribution in [3.63, 3.8) is 0 Å². The van der Waals surface area contributed by atoms with Crippen LogP contribution in [-0.4, -0.2) is 30.0 Å². The number of pyridine rings is 1. The average Bonchev–Trinajstić information content (AvgIpc) is 2.57. The Morgan fingerprint density at radius 3 is 2.18 bits per heavy atom. The summed E-state index contributed by atoms with van der Waals surface area (Å²) in [6.45, 7) is 8.72. The summed E-state index contributed by atoms with van der Waals surface area (Å²) in [7, 11) is 3.45. The van der Waals surface area contributed by atoms with Gasteiger partial charge in [-0.05, 0) is 37.3 Å². The van der Waals surface area contributed by atoms with Crippen molar-refractivity contribution in [2.75, 3.05) is 19.4 Å². The molecule has 0 aliphatic heterocycles. The van der Waals surface area contributed by atoms with Gasteiger partial charge in [0.15, 0.2) is 0 Å². The molecule has 7 heteroatoms. The van der Waals surface area contributed by atoms with Crippen molar-refractivity contribution >= 4 is 36.5 Å². The molecular weight excluding hydrogens is 395 g/mol. The first-order valence-electron chi connectivity index (χ1n) is 9.02. The number of rotatable bonds is 5. The van der Waals surface area contributed by atoms with Gasteiger partial charge in [0, 0.05) is 31.9 Å². The van der Waals surface area contributed by atoms with Gasteiger partial charge in [-0.25, -0.2) is 4.79 Å². The van der Waals surface area contributed by atoms with Gasteiger partial charge in [-0.3, -0.25) is 4.98 Å². The Labute approximate surface area is 180 Å². The van der Waals surface area contributed by atoms with E-state index in [1.807, 2.05) is 6.92 Å². The minimum atomic E-state index is -0.178. The molecule has 0 radical (unpaired) electrons. The number of hydrogen-bond acceptors (Lipinski definition) is 3. The van der Waals surface area contributed by atoms with Crippen molar-refractivity contribution in [2.45, 2.75) is 40.7 Å². The molecule has 1 aromatic carbocycles. The smallest absolute Gasteiger partial charge is 0.321 e. The van der Waals surface area contributed by atoms with Gasteiger partial charge < -0.3 is 16.0 Å². The summed E-state index contributed by atoms with van der Waals surface area (Å²) < 4.78 is 0. The Kier molecular flexibility index (Phi) is 10.5. The van der Waals surface area contributed by atoms with Crippen LogP contribution in [0, 0.1) is 19.8 Å². The van der Waals surface area contributed by atoms with Crippen molar-refractivity contribution in [3.05, 3.63) is 46.8 Å². The van der Waals surface area contributed by atoms with Crippen LogP contribution in [0.15, 0.2) is 24.3 Å². The maximum absolute atomic E-state index is 12.3. The molecule has 0 spiro atoms. The lowest BCUT2D eigenvalue weighted by molar-refractivity contribution is 0.230. The number of amides is 2. The van der Waals surface area contributed by atoms with Crippen LogP contribution in [0.2, 0.25) is 0 Å². The molecule has 0 aliphatic carbocycles. The van der Waals surface area contributed by atoms with E-state index in [0.29, 0.717) is 12.5 Å². The number of urea groups is 1. The van der Waals surface area contributed by atoms with Gasteiger partial charge in [-0.15, -0.1) is 24.8 Å². The molecule has 5 nitrogen and oxygen atoms in total. The number of nitrogens with zero attached hydrogens (tertiary/aromatic N) is 2. The van der Waals surface area contributed by atoms with Crippen LogP contribution in [0.5, 0.6) is 0 Å². The maximum atomic E-state index is 12.3. The fourth-order valence-electron chi connectivity index (χ4n) is 2.99. The molecule has 3 N–H and O–H groups in total. The van der Waals surface area contributed by atoms with Crippen molar-refractivity contribution in [2.24, 2.45) is 11.7 Å². The zero-order valence-corrected chi connectivity index (χ0v) is 19.1. The lowest BCUT2D eigenvalue weighted by atomic mass is 9.92. The molecule has 0 bridgehead atoms. The van der Waals surface area contributed by atoms with Crippen molar-refractivity contribution in [1.29, 1.82) is 0 Å². The molecule has 2 amide bonds. The summed E-state index contributed by atoms with van der Waals surface area (Å²) in [6, 6.07) is 8.13. The fraction of sp³-hybridized carbons (Fsp3) is 0.429. The number of hydrogen-bond donors (Lipinski definition) is 2. The van der Waals surface area contributed by atoms with Crippen LogP contribution in [0.25, 0.3) is 11.1 Å². The van der Waals surface area contributed by atoms with Gasteiger partial charge in [0.2, 0.25) is 0 Å². The second-order valence-corrected chi connectivity index (χ2v) is 7.37. The van der Waals surface area contributed by atoms with Crippen molar-refractivity contribution < 1.29 is 4.79 Å². The van der Waals surface area contributed by atoms with Gasteiger partial charge >= 0.3 is 6.03 Å². The number of aromatic nitrogens is 1. The zero-order chi connectivity index (χ0) is 19.4. The molecule has 2 aromatic rings. The number of benzene rings is 1. The molecule has 2 rings (SSSR count). The quantitative estimate of drug-likeness (QED) is 0.709. The van der Waals surface area contributed by atoms with Gasteiger partial charge in [-0.2, -0.15) is 0 Å². The SMILES string of the molecule is Cc1ccc(-c2c(CN)c(CC(C)C)nc(C)c2NC(=O)N(C)C)cc1.Cl.Cl. The molecule has 0 saturated carbocycles. The summed E-state index contributed by atoms with van der Waals surface area (Å²) in [4.78, 5) is 18.6. The number of aryl methyl sites for hydroxylation is 2. The van der Waals surface area contributed by atoms with E-state index in [1.54, 1.807) is 14.1 Å². The largest absolute Gasteiger partial charge is 0.331 e. The molecule has 0 unspecified atom stereocenters. The summed E-state index contributed by atoms with van der Waals surface area (Å²) in [5.74, 6) is 0.472. The average molecular weight is 427 g/mol. The van der Waals surface area contributed by atoms with Crippen molar-refractivity contribution in [3.8, 4) is 11.1 Å². The third kappa shape index (κ3) is 6.09. The lowest BCUT2D eigenvalue weighted by Crippen LogP contribution is -2.28. The van der Waals surface area contributed by atoms with E-state index in [9.17, 15) is 4.79 Å². The molecule has 0 atom stereocenters. The number of nitrogens with one attached hydrogen (secondary N) is 1. The first-order valence-corrected chi connectivity index (χ1v) is 9.02. The standard InChI is InChI=1S/C21H30N4O.2ClH/c1-13(2)11-18-17(12-22)19(16-9-7-14(3)8-10-16)20(15(4)23-18)24-21(26)25(5)6;;/h7-10,13H,11-12,22H2,1-6H3,(H,24,26);2*1H. The molecule has 1 aromatic heterocycles. The summed E-state index contributed by atoms with van der Waals surface area (Å²) in [5.41, 5.74) is 12.9.